The van der Waals surface area contributed by atoms with Crippen molar-refractivity contribution in [2.24, 2.45) is 17.8 Å². The minimum atomic E-state index is -1.06. The summed E-state index contributed by atoms with van der Waals surface area (Å²) in [6, 6.07) is 7.03. The number of amides is 1. The van der Waals surface area contributed by atoms with Gasteiger partial charge in [-0.2, -0.15) is 0 Å². The van der Waals surface area contributed by atoms with E-state index in [1.807, 2.05) is 0 Å². The topological polar surface area (TPSA) is 116 Å². The van der Waals surface area contributed by atoms with Crippen LogP contribution >= 0.6 is 11.6 Å². The zero-order valence-corrected chi connectivity index (χ0v) is 16.5. The summed E-state index contributed by atoms with van der Waals surface area (Å²) in [5.41, 5.74) is 0.726. The van der Waals surface area contributed by atoms with E-state index in [2.05, 4.69) is 5.32 Å². The molecule has 9 heteroatoms. The number of nitrogens with one attached hydrogen (secondary N) is 1. The second kappa shape index (κ2) is 9.64. The third kappa shape index (κ3) is 5.76. The smallest absolute Gasteiger partial charge is 0.307 e. The number of carbonyl (C=O) groups excluding carboxylic acids is 3. The van der Waals surface area contributed by atoms with Gasteiger partial charge in [-0.1, -0.05) is 36.7 Å². The number of carbonyl (C=O) groups is 3. The molecular formula is C19H23ClN2O6. The van der Waals surface area contributed by atoms with Crippen LogP contribution in [0.2, 0.25) is 5.02 Å². The lowest BCUT2D eigenvalue weighted by molar-refractivity contribution is -0.490. The minimum absolute atomic E-state index is 0.160. The highest BCUT2D eigenvalue weighted by Crippen LogP contribution is 2.36. The molecule has 28 heavy (non-hydrogen) atoms. The van der Waals surface area contributed by atoms with E-state index in [0.717, 1.165) is 5.56 Å². The Labute approximate surface area is 167 Å². The predicted molar refractivity (Wildman–Crippen MR) is 101 cm³/mol. The van der Waals surface area contributed by atoms with Crippen molar-refractivity contribution in [1.82, 2.24) is 5.32 Å². The number of Topliss-reactive ketones (excluding diaryl/α,β-unsaturated/α-hetero) is 1. The fourth-order valence-electron chi connectivity index (χ4n) is 3.45. The molecule has 1 saturated carbocycles. The summed E-state index contributed by atoms with van der Waals surface area (Å²) in [6.45, 7) is 3.01. The molecule has 1 amide bonds. The van der Waals surface area contributed by atoms with Crippen molar-refractivity contribution in [3.05, 3.63) is 45.0 Å². The average molecular weight is 411 g/mol. The second-order valence-electron chi connectivity index (χ2n) is 7.08. The maximum atomic E-state index is 12.2. The SMILES string of the molecule is C[C@H](OC(=O)C[C@H]1C(=O)C[C@@H](C)[C@H]1C[N+](=O)[O-])C(=O)NCc1ccccc1Cl. The summed E-state index contributed by atoms with van der Waals surface area (Å²) < 4.78 is 5.12. The van der Waals surface area contributed by atoms with Crippen LogP contribution in [0.15, 0.2) is 24.3 Å². The fraction of sp³-hybridized carbons (Fsp3) is 0.526. The van der Waals surface area contributed by atoms with Crippen molar-refractivity contribution in [1.29, 1.82) is 0 Å². The number of rotatable bonds is 8. The Bertz CT molecular complexity index is 769. The number of ether oxygens (including phenoxy) is 1. The molecule has 1 aliphatic carbocycles. The highest BCUT2D eigenvalue weighted by Gasteiger charge is 2.44. The van der Waals surface area contributed by atoms with E-state index in [4.69, 9.17) is 16.3 Å². The zero-order valence-electron chi connectivity index (χ0n) is 15.7. The van der Waals surface area contributed by atoms with E-state index in [0.29, 0.717) is 5.02 Å². The highest BCUT2D eigenvalue weighted by molar-refractivity contribution is 6.31. The Kier molecular flexibility index (Phi) is 7.51. The first-order valence-corrected chi connectivity index (χ1v) is 9.42. The van der Waals surface area contributed by atoms with Gasteiger partial charge < -0.3 is 10.1 Å². The van der Waals surface area contributed by atoms with Crippen LogP contribution in [-0.2, 0) is 25.7 Å². The molecule has 1 aromatic carbocycles. The number of hydrogen-bond acceptors (Lipinski definition) is 6. The summed E-state index contributed by atoms with van der Waals surface area (Å²) in [5.74, 6) is -2.80. The van der Waals surface area contributed by atoms with Gasteiger partial charge in [-0.15, -0.1) is 0 Å². The van der Waals surface area contributed by atoms with Crippen LogP contribution in [-0.4, -0.2) is 35.2 Å². The van der Waals surface area contributed by atoms with Gasteiger partial charge in [-0.05, 0) is 24.5 Å². The van der Waals surface area contributed by atoms with Crippen molar-refractivity contribution in [3.63, 3.8) is 0 Å². The first-order chi connectivity index (χ1) is 13.2. The van der Waals surface area contributed by atoms with Crippen LogP contribution < -0.4 is 5.32 Å². The Morgan fingerprint density at radius 1 is 1.39 bits per heavy atom. The van der Waals surface area contributed by atoms with E-state index in [-0.39, 0.29) is 37.6 Å². The van der Waals surface area contributed by atoms with Crippen molar-refractivity contribution in [2.45, 2.75) is 39.3 Å². The van der Waals surface area contributed by atoms with Gasteiger partial charge in [-0.3, -0.25) is 24.5 Å². The molecule has 2 rings (SSSR count). The zero-order chi connectivity index (χ0) is 20.8. The largest absolute Gasteiger partial charge is 0.453 e. The van der Waals surface area contributed by atoms with Crippen LogP contribution in [0.5, 0.6) is 0 Å². The van der Waals surface area contributed by atoms with Crippen LogP contribution in [0.25, 0.3) is 0 Å². The van der Waals surface area contributed by atoms with Crippen LogP contribution in [0.3, 0.4) is 0 Å². The molecule has 0 saturated heterocycles. The van der Waals surface area contributed by atoms with Gasteiger partial charge in [0.15, 0.2) is 6.10 Å². The second-order valence-corrected chi connectivity index (χ2v) is 7.49. The summed E-state index contributed by atoms with van der Waals surface area (Å²) in [6.07, 6.45) is -1.10. The van der Waals surface area contributed by atoms with E-state index in [9.17, 15) is 24.5 Å². The van der Waals surface area contributed by atoms with Crippen molar-refractivity contribution < 1.29 is 24.0 Å². The third-order valence-corrected chi connectivity index (χ3v) is 5.39. The molecule has 8 nitrogen and oxygen atoms in total. The molecule has 0 spiro atoms. The molecule has 0 bridgehead atoms. The molecule has 0 unspecified atom stereocenters. The Balaban J connectivity index is 1.87. The molecule has 1 fully saturated rings. The lowest BCUT2D eigenvalue weighted by Gasteiger charge is -2.18. The maximum absolute atomic E-state index is 12.2. The standard InChI is InChI=1S/C19H23ClN2O6/c1-11-7-17(23)14(15(11)10-22(26)27)8-18(24)28-12(2)19(25)21-9-13-5-3-4-6-16(13)20/h3-6,11-12,14-15H,7-10H2,1-2H3,(H,21,25)/t11-,12+,14-,15-/m1/s1. The lowest BCUT2D eigenvalue weighted by atomic mass is 9.88. The first-order valence-electron chi connectivity index (χ1n) is 9.04. The fourth-order valence-corrected chi connectivity index (χ4v) is 3.65. The Morgan fingerprint density at radius 2 is 2.07 bits per heavy atom. The normalized spacial score (nSPS) is 22.5. The van der Waals surface area contributed by atoms with E-state index in [1.165, 1.54) is 6.92 Å². The maximum Gasteiger partial charge on any atom is 0.307 e. The Hall–Kier alpha value is -2.48. The quantitative estimate of drug-likeness (QED) is 0.399. The van der Waals surface area contributed by atoms with Gasteiger partial charge >= 0.3 is 5.97 Å². The number of hydrogen-bond donors (Lipinski definition) is 1. The summed E-state index contributed by atoms with van der Waals surface area (Å²) in [5, 5.41) is 14.0. The van der Waals surface area contributed by atoms with Gasteiger partial charge in [0.05, 0.1) is 6.42 Å². The van der Waals surface area contributed by atoms with Gasteiger partial charge in [0.1, 0.15) is 5.78 Å². The van der Waals surface area contributed by atoms with Gasteiger partial charge in [0.25, 0.3) is 5.91 Å². The summed E-state index contributed by atoms with van der Waals surface area (Å²) >= 11 is 6.03. The number of ketones is 1. The molecule has 0 radical (unpaired) electrons. The van der Waals surface area contributed by atoms with Crippen molar-refractivity contribution in [3.8, 4) is 0 Å². The monoisotopic (exact) mass is 410 g/mol. The number of nitrogens with zero attached hydrogens (tertiary/aromatic N) is 1. The molecule has 152 valence electrons. The molecule has 0 heterocycles. The summed E-state index contributed by atoms with van der Waals surface area (Å²) in [7, 11) is 0. The van der Waals surface area contributed by atoms with Crippen LogP contribution in [0.4, 0.5) is 0 Å². The molecule has 1 aromatic rings. The molecular weight excluding hydrogens is 388 g/mol. The molecule has 1 aliphatic rings. The Morgan fingerprint density at radius 3 is 2.71 bits per heavy atom. The molecule has 0 aromatic heterocycles. The first kappa shape index (κ1) is 21.8. The minimum Gasteiger partial charge on any atom is -0.453 e. The van der Waals surface area contributed by atoms with Gasteiger partial charge in [0, 0.05) is 34.7 Å². The van der Waals surface area contributed by atoms with Gasteiger partial charge in [0.2, 0.25) is 6.54 Å². The number of benzene rings is 1. The summed E-state index contributed by atoms with van der Waals surface area (Å²) in [4.78, 5) is 46.8. The number of esters is 1. The predicted octanol–water partition coefficient (Wildman–Crippen LogP) is 2.40. The average Bonchev–Trinajstić information content (AvgIpc) is 2.87. The van der Waals surface area contributed by atoms with E-state index in [1.54, 1.807) is 31.2 Å². The van der Waals surface area contributed by atoms with Crippen LogP contribution in [0.1, 0.15) is 32.3 Å². The third-order valence-electron chi connectivity index (χ3n) is 5.02. The molecule has 0 aliphatic heterocycles. The van der Waals surface area contributed by atoms with Gasteiger partial charge in [-0.25, -0.2) is 0 Å². The highest BCUT2D eigenvalue weighted by atomic mass is 35.5. The van der Waals surface area contributed by atoms with E-state index < -0.39 is 34.7 Å². The van der Waals surface area contributed by atoms with Crippen molar-refractivity contribution >= 4 is 29.3 Å². The number of halogens is 1. The number of nitro groups is 1. The molecule has 4 atom stereocenters. The van der Waals surface area contributed by atoms with E-state index >= 15 is 0 Å². The van der Waals surface area contributed by atoms with Crippen molar-refractivity contribution in [2.75, 3.05) is 6.54 Å². The molecule has 1 N–H and O–H groups in total. The lowest BCUT2D eigenvalue weighted by Crippen LogP contribution is -2.36. The van der Waals surface area contributed by atoms with Crippen LogP contribution in [0, 0.1) is 27.9 Å².